The zero-order valence-electron chi connectivity index (χ0n) is 17.3. The summed E-state index contributed by atoms with van der Waals surface area (Å²) in [7, 11) is 0. The van der Waals surface area contributed by atoms with E-state index < -0.39 is 0 Å². The molecule has 1 atom stereocenters. The lowest BCUT2D eigenvalue weighted by Gasteiger charge is -2.27. The lowest BCUT2D eigenvalue weighted by atomic mass is 10.2. The predicted molar refractivity (Wildman–Crippen MR) is 129 cm³/mol. The van der Waals surface area contributed by atoms with Crippen LogP contribution >= 0.6 is 23.3 Å². The lowest BCUT2D eigenvalue weighted by Crippen LogP contribution is -2.33. The number of ether oxygens (including phenoxy) is 1. The summed E-state index contributed by atoms with van der Waals surface area (Å²) in [6.07, 6.45) is 2.89. The number of hydrogen-bond acceptors (Lipinski definition) is 8. The third kappa shape index (κ3) is 5.52. The fourth-order valence-electron chi connectivity index (χ4n) is 3.25. The standard InChI is InChI=1S/C23H26N4O2S2/c1-2-17(14-28)25-20-12-27(13-21-22(20)26-23(24)31-21)30-15-16-7-6-10-19(11-16)29-18-8-4-3-5-9-18/h3-12,17,25,28H,2,13-15H2,1H3,(H2,24,26). The van der Waals surface area contributed by atoms with Crippen LogP contribution in [0.4, 0.5) is 5.13 Å². The zero-order valence-corrected chi connectivity index (χ0v) is 19.0. The molecule has 0 radical (unpaired) electrons. The number of aliphatic hydroxyl groups excluding tert-OH is 1. The first-order valence-corrected chi connectivity index (χ1v) is 12.0. The number of nitrogens with one attached hydrogen (secondary N) is 1. The number of para-hydroxylation sites is 1. The molecular weight excluding hydrogens is 428 g/mol. The van der Waals surface area contributed by atoms with Crippen LogP contribution in [0.5, 0.6) is 11.5 Å². The predicted octanol–water partition coefficient (Wildman–Crippen LogP) is 4.84. The molecule has 2 heterocycles. The number of thiazole rings is 1. The van der Waals surface area contributed by atoms with Gasteiger partial charge in [-0.1, -0.05) is 48.6 Å². The van der Waals surface area contributed by atoms with E-state index in [9.17, 15) is 5.11 Å². The van der Waals surface area contributed by atoms with Gasteiger partial charge in [-0.2, -0.15) is 0 Å². The Kier molecular flexibility index (Phi) is 7.01. The molecular formula is C23H26N4O2S2. The Morgan fingerprint density at radius 1 is 1.23 bits per heavy atom. The number of nitrogens with zero attached hydrogens (tertiary/aromatic N) is 2. The van der Waals surface area contributed by atoms with Crippen LogP contribution in [0, 0.1) is 0 Å². The zero-order chi connectivity index (χ0) is 21.6. The van der Waals surface area contributed by atoms with E-state index in [0.717, 1.165) is 46.5 Å². The summed E-state index contributed by atoms with van der Waals surface area (Å²) in [4.78, 5) is 5.62. The van der Waals surface area contributed by atoms with Crippen LogP contribution in [0.3, 0.4) is 0 Å². The second-order valence-corrected chi connectivity index (χ2v) is 9.34. The van der Waals surface area contributed by atoms with Crippen molar-refractivity contribution in [2.75, 3.05) is 12.3 Å². The highest BCUT2D eigenvalue weighted by molar-refractivity contribution is 7.96. The Hall–Kier alpha value is -2.68. The average Bonchev–Trinajstić information content (AvgIpc) is 3.17. The maximum absolute atomic E-state index is 9.60. The molecule has 1 aliphatic rings. The van der Waals surface area contributed by atoms with Crippen molar-refractivity contribution in [2.45, 2.75) is 31.7 Å². The molecule has 0 saturated heterocycles. The molecule has 1 aromatic heterocycles. The van der Waals surface area contributed by atoms with E-state index in [4.69, 9.17) is 10.5 Å². The molecule has 0 amide bonds. The number of nitrogen functional groups attached to an aromatic ring is 1. The topological polar surface area (TPSA) is 83.6 Å². The fraction of sp³-hybridized carbons (Fsp3) is 0.261. The first kappa shape index (κ1) is 21.5. The Bertz CT molecular complexity index is 1040. The second kappa shape index (κ2) is 10.1. The summed E-state index contributed by atoms with van der Waals surface area (Å²) in [6, 6.07) is 17.9. The van der Waals surface area contributed by atoms with Crippen molar-refractivity contribution < 1.29 is 9.84 Å². The Morgan fingerprint density at radius 2 is 2.03 bits per heavy atom. The SMILES string of the molecule is CCC(CO)NC1=CN(SCc2cccc(Oc3ccccc3)c2)Cc2sc(N)nc21. The molecule has 0 fully saturated rings. The molecule has 4 N–H and O–H groups in total. The number of fused-ring (bicyclic) bond motifs is 1. The normalized spacial score (nSPS) is 14.0. The maximum Gasteiger partial charge on any atom is 0.180 e. The molecule has 0 bridgehead atoms. The van der Waals surface area contributed by atoms with E-state index >= 15 is 0 Å². The van der Waals surface area contributed by atoms with E-state index in [-0.39, 0.29) is 12.6 Å². The smallest absolute Gasteiger partial charge is 0.180 e. The van der Waals surface area contributed by atoms with Crippen molar-refractivity contribution in [3.8, 4) is 11.5 Å². The van der Waals surface area contributed by atoms with Gasteiger partial charge in [0, 0.05) is 18.0 Å². The van der Waals surface area contributed by atoms with Gasteiger partial charge in [0.15, 0.2) is 5.13 Å². The highest BCUT2D eigenvalue weighted by atomic mass is 32.2. The monoisotopic (exact) mass is 454 g/mol. The van der Waals surface area contributed by atoms with Crippen LogP contribution in [0.25, 0.3) is 5.70 Å². The molecule has 1 unspecified atom stereocenters. The number of rotatable bonds is 9. The van der Waals surface area contributed by atoms with E-state index in [1.165, 1.54) is 16.9 Å². The Labute approximate surface area is 190 Å². The summed E-state index contributed by atoms with van der Waals surface area (Å²) < 4.78 is 8.15. The highest BCUT2D eigenvalue weighted by Gasteiger charge is 2.23. The van der Waals surface area contributed by atoms with E-state index in [2.05, 4.69) is 32.9 Å². The third-order valence-electron chi connectivity index (χ3n) is 4.89. The van der Waals surface area contributed by atoms with E-state index in [1.807, 2.05) is 49.4 Å². The number of hydrogen-bond donors (Lipinski definition) is 3. The average molecular weight is 455 g/mol. The third-order valence-corrected chi connectivity index (χ3v) is 6.79. The van der Waals surface area contributed by atoms with E-state index in [1.54, 1.807) is 11.9 Å². The van der Waals surface area contributed by atoms with Crippen molar-refractivity contribution >= 4 is 34.1 Å². The molecule has 4 rings (SSSR count). The van der Waals surface area contributed by atoms with Gasteiger partial charge in [0.1, 0.15) is 17.2 Å². The highest BCUT2D eigenvalue weighted by Crippen LogP contribution is 2.35. The quantitative estimate of drug-likeness (QED) is 0.399. The van der Waals surface area contributed by atoms with Crippen LogP contribution in [0.1, 0.15) is 29.5 Å². The van der Waals surface area contributed by atoms with Gasteiger partial charge >= 0.3 is 0 Å². The minimum Gasteiger partial charge on any atom is -0.457 e. The van der Waals surface area contributed by atoms with Crippen molar-refractivity contribution in [1.29, 1.82) is 0 Å². The van der Waals surface area contributed by atoms with Gasteiger partial charge in [-0.3, -0.25) is 0 Å². The molecule has 3 aromatic rings. The minimum absolute atomic E-state index is 0.0150. The van der Waals surface area contributed by atoms with Crippen LogP contribution in [-0.4, -0.2) is 27.0 Å². The summed E-state index contributed by atoms with van der Waals surface area (Å²) in [5, 5.41) is 13.6. The molecule has 2 aromatic carbocycles. The summed E-state index contributed by atoms with van der Waals surface area (Å²) in [6.45, 7) is 2.87. The first-order valence-electron chi connectivity index (χ1n) is 10.2. The van der Waals surface area contributed by atoms with Crippen LogP contribution in [0.2, 0.25) is 0 Å². The number of anilines is 1. The molecule has 31 heavy (non-hydrogen) atoms. The van der Waals surface area contributed by atoms with E-state index in [0.29, 0.717) is 5.13 Å². The largest absolute Gasteiger partial charge is 0.457 e. The molecule has 1 aliphatic heterocycles. The van der Waals surface area contributed by atoms with Gasteiger partial charge in [-0.25, -0.2) is 4.98 Å². The lowest BCUT2D eigenvalue weighted by molar-refractivity contribution is 0.250. The van der Waals surface area contributed by atoms with Crippen molar-refractivity contribution in [2.24, 2.45) is 0 Å². The van der Waals surface area contributed by atoms with Gasteiger partial charge in [-0.05, 0) is 48.2 Å². The van der Waals surface area contributed by atoms with Gasteiger partial charge in [0.05, 0.1) is 23.7 Å². The van der Waals surface area contributed by atoms with Gasteiger partial charge in [-0.15, -0.1) is 0 Å². The Morgan fingerprint density at radius 3 is 2.81 bits per heavy atom. The maximum atomic E-state index is 9.60. The van der Waals surface area contributed by atoms with Crippen molar-refractivity contribution in [3.05, 3.63) is 76.9 Å². The Balaban J connectivity index is 1.45. The number of aliphatic hydroxyl groups is 1. The second-order valence-electron chi connectivity index (χ2n) is 7.21. The van der Waals surface area contributed by atoms with Gasteiger partial charge in [0.2, 0.25) is 0 Å². The molecule has 8 heteroatoms. The number of nitrogens with two attached hydrogens (primary N) is 1. The minimum atomic E-state index is -0.0150. The first-order chi connectivity index (χ1) is 15.1. The fourth-order valence-corrected chi connectivity index (χ4v) is 5.07. The summed E-state index contributed by atoms with van der Waals surface area (Å²) >= 11 is 3.23. The molecule has 0 spiro atoms. The molecule has 162 valence electrons. The molecule has 0 saturated carbocycles. The van der Waals surface area contributed by atoms with Crippen LogP contribution in [-0.2, 0) is 12.3 Å². The number of benzene rings is 2. The molecule has 6 nitrogen and oxygen atoms in total. The summed E-state index contributed by atoms with van der Waals surface area (Å²) in [5.41, 5.74) is 8.95. The van der Waals surface area contributed by atoms with Crippen molar-refractivity contribution in [3.63, 3.8) is 0 Å². The van der Waals surface area contributed by atoms with Gasteiger partial charge in [0.25, 0.3) is 0 Å². The van der Waals surface area contributed by atoms with Gasteiger partial charge < -0.3 is 25.2 Å². The number of aromatic nitrogens is 1. The van der Waals surface area contributed by atoms with Crippen LogP contribution < -0.4 is 15.8 Å². The summed E-state index contributed by atoms with van der Waals surface area (Å²) in [5.74, 6) is 2.45. The van der Waals surface area contributed by atoms with Crippen LogP contribution in [0.15, 0.2) is 60.8 Å². The molecule has 0 aliphatic carbocycles. The van der Waals surface area contributed by atoms with Crippen molar-refractivity contribution in [1.82, 2.24) is 14.6 Å².